The molecule has 0 radical (unpaired) electrons. The summed E-state index contributed by atoms with van der Waals surface area (Å²) < 4.78 is 0. The Kier molecular flexibility index (Phi) is 4.63. The first-order valence-corrected chi connectivity index (χ1v) is 5.59. The van der Waals surface area contributed by atoms with E-state index in [2.05, 4.69) is 10.3 Å². The topological polar surface area (TPSA) is 79.3 Å². The molecule has 5 heteroatoms. The summed E-state index contributed by atoms with van der Waals surface area (Å²) in [5.41, 5.74) is 0.0130. The molecule has 2 N–H and O–H groups in total. The van der Waals surface area contributed by atoms with E-state index in [1.165, 1.54) is 18.2 Å². The van der Waals surface area contributed by atoms with E-state index < -0.39 is 5.97 Å². The van der Waals surface area contributed by atoms with Crippen LogP contribution >= 0.6 is 0 Å². The van der Waals surface area contributed by atoms with Crippen LogP contribution in [-0.4, -0.2) is 28.0 Å². The van der Waals surface area contributed by atoms with Gasteiger partial charge in [0.05, 0.1) is 0 Å². The van der Waals surface area contributed by atoms with Gasteiger partial charge in [0.2, 0.25) is 0 Å². The van der Waals surface area contributed by atoms with E-state index in [0.717, 1.165) is 12.8 Å². The minimum absolute atomic E-state index is 0.0952. The lowest BCUT2D eigenvalue weighted by Crippen LogP contribution is -2.34. The molecule has 1 heterocycles. The number of aromatic carboxylic acids is 1. The zero-order valence-electron chi connectivity index (χ0n) is 9.93. The largest absolute Gasteiger partial charge is 0.477 e. The van der Waals surface area contributed by atoms with Gasteiger partial charge in [-0.3, -0.25) is 4.79 Å². The Morgan fingerprint density at radius 1 is 1.29 bits per heavy atom. The molecule has 92 valence electrons. The zero-order chi connectivity index (χ0) is 12.8. The minimum atomic E-state index is -1.14. The molecule has 1 aromatic rings. The fourth-order valence-electron chi connectivity index (χ4n) is 1.43. The van der Waals surface area contributed by atoms with Crippen LogP contribution in [-0.2, 0) is 0 Å². The van der Waals surface area contributed by atoms with E-state index in [9.17, 15) is 9.59 Å². The number of amides is 1. The summed E-state index contributed by atoms with van der Waals surface area (Å²) in [6, 6.07) is 4.47. The van der Waals surface area contributed by atoms with Crippen molar-refractivity contribution in [1.29, 1.82) is 0 Å². The fraction of sp³-hybridized carbons (Fsp3) is 0.417. The van der Waals surface area contributed by atoms with E-state index in [4.69, 9.17) is 5.11 Å². The maximum absolute atomic E-state index is 11.8. The molecule has 17 heavy (non-hydrogen) atoms. The van der Waals surface area contributed by atoms with Gasteiger partial charge in [-0.05, 0) is 25.0 Å². The second kappa shape index (κ2) is 5.98. The summed E-state index contributed by atoms with van der Waals surface area (Å²) in [5.74, 6) is -1.47. The number of carbonyl (C=O) groups is 2. The number of hydrogen-bond donors (Lipinski definition) is 2. The Morgan fingerprint density at radius 2 is 1.88 bits per heavy atom. The predicted molar refractivity (Wildman–Crippen MR) is 63.0 cm³/mol. The number of nitrogens with one attached hydrogen (secondary N) is 1. The van der Waals surface area contributed by atoms with Crippen LogP contribution < -0.4 is 5.32 Å². The zero-order valence-corrected chi connectivity index (χ0v) is 9.93. The van der Waals surface area contributed by atoms with Crippen molar-refractivity contribution in [2.45, 2.75) is 32.7 Å². The average molecular weight is 236 g/mol. The van der Waals surface area contributed by atoms with Crippen molar-refractivity contribution < 1.29 is 14.7 Å². The number of pyridine rings is 1. The Labute approximate surface area is 99.9 Å². The van der Waals surface area contributed by atoms with Gasteiger partial charge in [-0.1, -0.05) is 19.9 Å². The monoisotopic (exact) mass is 236 g/mol. The Balaban J connectivity index is 2.82. The second-order valence-electron chi connectivity index (χ2n) is 3.70. The highest BCUT2D eigenvalue weighted by Crippen LogP contribution is 2.02. The van der Waals surface area contributed by atoms with Gasteiger partial charge in [-0.15, -0.1) is 0 Å². The SMILES string of the molecule is CCC(CC)NC(=O)c1cccc(C(=O)O)n1. The number of carbonyl (C=O) groups excluding carboxylic acids is 1. The van der Waals surface area contributed by atoms with Crippen LogP contribution in [0.1, 0.15) is 47.7 Å². The highest BCUT2D eigenvalue weighted by molar-refractivity contribution is 5.94. The van der Waals surface area contributed by atoms with Crippen LogP contribution in [0.4, 0.5) is 0 Å². The molecule has 0 bridgehead atoms. The molecule has 0 unspecified atom stereocenters. The quantitative estimate of drug-likeness (QED) is 0.815. The molecule has 0 aliphatic rings. The normalized spacial score (nSPS) is 10.3. The molecule has 0 atom stereocenters. The Hall–Kier alpha value is -1.91. The number of carboxylic acids is 1. The van der Waals surface area contributed by atoms with Crippen LogP contribution in [0.25, 0.3) is 0 Å². The van der Waals surface area contributed by atoms with Crippen LogP contribution in [0.5, 0.6) is 0 Å². The summed E-state index contributed by atoms with van der Waals surface area (Å²) >= 11 is 0. The lowest BCUT2D eigenvalue weighted by Gasteiger charge is -2.14. The standard InChI is InChI=1S/C12H16N2O3/c1-3-8(4-2)13-11(15)9-6-5-7-10(14-9)12(16)17/h5-8H,3-4H2,1-2H3,(H,13,15)(H,16,17). The van der Waals surface area contributed by atoms with Crippen molar-refractivity contribution in [2.75, 3.05) is 0 Å². The van der Waals surface area contributed by atoms with E-state index in [1.54, 1.807) is 0 Å². The van der Waals surface area contributed by atoms with Crippen molar-refractivity contribution in [1.82, 2.24) is 10.3 Å². The van der Waals surface area contributed by atoms with Crippen LogP contribution in [0, 0.1) is 0 Å². The molecule has 5 nitrogen and oxygen atoms in total. The van der Waals surface area contributed by atoms with Crippen molar-refractivity contribution in [2.24, 2.45) is 0 Å². The van der Waals surface area contributed by atoms with Gasteiger partial charge in [-0.25, -0.2) is 9.78 Å². The minimum Gasteiger partial charge on any atom is -0.477 e. The lowest BCUT2D eigenvalue weighted by atomic mass is 10.1. The number of nitrogens with zero attached hydrogens (tertiary/aromatic N) is 1. The van der Waals surface area contributed by atoms with Gasteiger partial charge in [-0.2, -0.15) is 0 Å². The van der Waals surface area contributed by atoms with Gasteiger partial charge in [0, 0.05) is 6.04 Å². The summed E-state index contributed by atoms with van der Waals surface area (Å²) in [5, 5.41) is 11.6. The first kappa shape index (κ1) is 13.2. The highest BCUT2D eigenvalue weighted by Gasteiger charge is 2.13. The van der Waals surface area contributed by atoms with Crippen molar-refractivity contribution >= 4 is 11.9 Å². The first-order chi connectivity index (χ1) is 8.08. The smallest absolute Gasteiger partial charge is 0.354 e. The molecule has 0 spiro atoms. The Bertz CT molecular complexity index is 414. The third kappa shape index (κ3) is 3.55. The van der Waals surface area contributed by atoms with Crippen molar-refractivity contribution in [3.8, 4) is 0 Å². The molecule has 1 amide bonds. The molecule has 0 aliphatic heterocycles. The summed E-state index contributed by atoms with van der Waals surface area (Å²) in [7, 11) is 0. The second-order valence-corrected chi connectivity index (χ2v) is 3.70. The number of hydrogen-bond acceptors (Lipinski definition) is 3. The molecule has 0 aromatic carbocycles. The molecule has 0 saturated heterocycles. The van der Waals surface area contributed by atoms with Crippen LogP contribution in [0.15, 0.2) is 18.2 Å². The molecule has 0 aliphatic carbocycles. The number of rotatable bonds is 5. The van der Waals surface area contributed by atoms with E-state index in [1.807, 2.05) is 13.8 Å². The van der Waals surface area contributed by atoms with Crippen LogP contribution in [0.2, 0.25) is 0 Å². The predicted octanol–water partition coefficient (Wildman–Crippen LogP) is 1.70. The molecule has 1 rings (SSSR count). The molecule has 1 aromatic heterocycles. The number of aromatic nitrogens is 1. The van der Waals surface area contributed by atoms with Gasteiger partial charge >= 0.3 is 5.97 Å². The molecule has 0 saturated carbocycles. The van der Waals surface area contributed by atoms with Crippen LogP contribution in [0.3, 0.4) is 0 Å². The lowest BCUT2D eigenvalue weighted by molar-refractivity contribution is 0.0690. The molecule has 0 fully saturated rings. The summed E-state index contributed by atoms with van der Waals surface area (Å²) in [6.45, 7) is 3.96. The Morgan fingerprint density at radius 3 is 2.41 bits per heavy atom. The molecular weight excluding hydrogens is 220 g/mol. The van der Waals surface area contributed by atoms with Gasteiger partial charge in [0.25, 0.3) is 5.91 Å². The van der Waals surface area contributed by atoms with Crippen molar-refractivity contribution in [3.05, 3.63) is 29.6 Å². The number of carboxylic acid groups (broad SMARTS) is 1. The third-order valence-corrected chi connectivity index (χ3v) is 2.52. The molecular formula is C12H16N2O3. The summed E-state index contributed by atoms with van der Waals surface area (Å²) in [4.78, 5) is 26.3. The average Bonchev–Trinajstić information content (AvgIpc) is 2.35. The van der Waals surface area contributed by atoms with Gasteiger partial charge < -0.3 is 10.4 Å². The first-order valence-electron chi connectivity index (χ1n) is 5.59. The van der Waals surface area contributed by atoms with E-state index in [-0.39, 0.29) is 23.3 Å². The maximum Gasteiger partial charge on any atom is 0.354 e. The van der Waals surface area contributed by atoms with Gasteiger partial charge in [0.15, 0.2) is 0 Å². The maximum atomic E-state index is 11.8. The highest BCUT2D eigenvalue weighted by atomic mass is 16.4. The van der Waals surface area contributed by atoms with E-state index >= 15 is 0 Å². The van der Waals surface area contributed by atoms with E-state index in [0.29, 0.717) is 0 Å². The fourth-order valence-corrected chi connectivity index (χ4v) is 1.43. The van der Waals surface area contributed by atoms with Gasteiger partial charge in [0.1, 0.15) is 11.4 Å². The van der Waals surface area contributed by atoms with Crippen molar-refractivity contribution in [3.63, 3.8) is 0 Å². The third-order valence-electron chi connectivity index (χ3n) is 2.52. The summed E-state index contributed by atoms with van der Waals surface area (Å²) in [6.07, 6.45) is 1.67.